The van der Waals surface area contributed by atoms with Crippen molar-refractivity contribution < 1.29 is 4.92 Å². The van der Waals surface area contributed by atoms with Crippen LogP contribution in [0.15, 0.2) is 51.9 Å². The van der Waals surface area contributed by atoms with E-state index in [1.807, 2.05) is 32.2 Å². The van der Waals surface area contributed by atoms with Crippen LogP contribution in [0.2, 0.25) is 10.0 Å². The first-order valence-electron chi connectivity index (χ1n) is 9.18. The van der Waals surface area contributed by atoms with Crippen LogP contribution in [0.3, 0.4) is 0 Å². The van der Waals surface area contributed by atoms with E-state index in [-0.39, 0.29) is 16.7 Å². The summed E-state index contributed by atoms with van der Waals surface area (Å²) in [5.41, 5.74) is 3.40. The quantitative estimate of drug-likeness (QED) is 0.252. The third-order valence-corrected chi connectivity index (χ3v) is 5.73. The Morgan fingerprint density at radius 3 is 2.60 bits per heavy atom. The van der Waals surface area contributed by atoms with Gasteiger partial charge in [0.2, 0.25) is 4.80 Å². The van der Waals surface area contributed by atoms with Crippen molar-refractivity contribution in [2.24, 2.45) is 10.1 Å². The summed E-state index contributed by atoms with van der Waals surface area (Å²) < 4.78 is 1.71. The first kappa shape index (κ1) is 22.2. The minimum atomic E-state index is -0.388. The molecule has 156 valence electrons. The maximum absolute atomic E-state index is 11.3. The van der Waals surface area contributed by atoms with Crippen LogP contribution >= 0.6 is 34.5 Å². The van der Waals surface area contributed by atoms with Gasteiger partial charge in [-0.3, -0.25) is 15.1 Å². The van der Waals surface area contributed by atoms with Crippen molar-refractivity contribution in [2.75, 3.05) is 0 Å². The molecule has 30 heavy (non-hydrogen) atoms. The maximum atomic E-state index is 11.3. The first-order valence-corrected chi connectivity index (χ1v) is 10.8. The van der Waals surface area contributed by atoms with Crippen molar-refractivity contribution in [3.05, 3.63) is 77.9 Å². The summed E-state index contributed by atoms with van der Waals surface area (Å²) in [6.07, 6.45) is 0. The fourth-order valence-electron chi connectivity index (χ4n) is 2.82. The Balaban J connectivity index is 2.22. The number of thiazole rings is 1. The molecule has 0 unspecified atom stereocenters. The van der Waals surface area contributed by atoms with Gasteiger partial charge in [-0.15, -0.1) is 11.3 Å². The molecule has 1 heterocycles. The second kappa shape index (κ2) is 9.12. The molecule has 9 heteroatoms. The molecule has 0 aliphatic heterocycles. The van der Waals surface area contributed by atoms with E-state index >= 15 is 0 Å². The minimum Gasteiger partial charge on any atom is -0.258 e. The summed E-state index contributed by atoms with van der Waals surface area (Å²) in [6.45, 7) is 7.48. The van der Waals surface area contributed by atoms with Gasteiger partial charge in [-0.05, 0) is 45.9 Å². The van der Waals surface area contributed by atoms with E-state index in [9.17, 15) is 10.1 Å². The molecule has 3 rings (SSSR count). The van der Waals surface area contributed by atoms with Crippen LogP contribution in [0.25, 0.3) is 11.3 Å². The number of aryl methyl sites for hydroxylation is 1. The molecule has 0 atom stereocenters. The van der Waals surface area contributed by atoms with Gasteiger partial charge < -0.3 is 0 Å². The van der Waals surface area contributed by atoms with Crippen molar-refractivity contribution in [2.45, 2.75) is 33.7 Å². The van der Waals surface area contributed by atoms with Gasteiger partial charge in [-0.25, -0.2) is 4.68 Å². The van der Waals surface area contributed by atoms with Crippen molar-refractivity contribution in [3.63, 3.8) is 0 Å². The van der Waals surface area contributed by atoms with Crippen LogP contribution in [-0.2, 0) is 0 Å². The van der Waals surface area contributed by atoms with Crippen molar-refractivity contribution in [1.82, 2.24) is 4.68 Å². The van der Waals surface area contributed by atoms with E-state index in [1.54, 1.807) is 35.9 Å². The van der Waals surface area contributed by atoms with Crippen molar-refractivity contribution in [3.8, 4) is 11.3 Å². The highest BCUT2D eigenvalue weighted by Gasteiger charge is 2.15. The van der Waals surface area contributed by atoms with Gasteiger partial charge in [0.25, 0.3) is 5.69 Å². The zero-order valence-electron chi connectivity index (χ0n) is 16.9. The predicted molar refractivity (Wildman–Crippen MR) is 124 cm³/mol. The van der Waals surface area contributed by atoms with Gasteiger partial charge in [0.1, 0.15) is 0 Å². The highest BCUT2D eigenvalue weighted by molar-refractivity contribution is 7.07. The molecule has 0 saturated carbocycles. The summed E-state index contributed by atoms with van der Waals surface area (Å²) >= 11 is 14.0. The number of rotatable bonds is 5. The maximum Gasteiger partial charge on any atom is 0.272 e. The van der Waals surface area contributed by atoms with Crippen LogP contribution < -0.4 is 4.80 Å². The fourth-order valence-corrected chi connectivity index (χ4v) is 4.17. The van der Waals surface area contributed by atoms with Gasteiger partial charge in [0.05, 0.1) is 21.4 Å². The summed E-state index contributed by atoms with van der Waals surface area (Å²) in [7, 11) is 0. The summed E-state index contributed by atoms with van der Waals surface area (Å²) in [6, 6.07) is 10.4. The Hall–Kier alpha value is -2.48. The lowest BCUT2D eigenvalue weighted by atomic mass is 10.1. The van der Waals surface area contributed by atoms with Crippen molar-refractivity contribution >= 4 is 45.9 Å². The number of benzene rings is 2. The molecule has 0 saturated heterocycles. The number of nitro benzene ring substituents is 1. The molecule has 6 nitrogen and oxygen atoms in total. The molecule has 3 aromatic rings. The first-order chi connectivity index (χ1) is 14.2. The van der Waals surface area contributed by atoms with Gasteiger partial charge in [0.15, 0.2) is 0 Å². The predicted octanol–water partition coefficient (Wildman–Crippen LogP) is 6.32. The van der Waals surface area contributed by atoms with Crippen LogP contribution in [0, 0.1) is 17.0 Å². The Labute approximate surface area is 188 Å². The smallest absolute Gasteiger partial charge is 0.258 e. The molecule has 0 aliphatic carbocycles. The molecule has 0 amide bonds. The summed E-state index contributed by atoms with van der Waals surface area (Å²) in [5.74, 6) is 0. The normalized spacial score (nSPS) is 12.6. The lowest BCUT2D eigenvalue weighted by Crippen LogP contribution is -2.16. The summed E-state index contributed by atoms with van der Waals surface area (Å²) in [5, 5.41) is 19.1. The molecule has 0 N–H and O–H groups in total. The minimum absolute atomic E-state index is 0.0579. The van der Waals surface area contributed by atoms with Gasteiger partial charge in [0, 0.05) is 39.2 Å². The zero-order chi connectivity index (χ0) is 22.0. The molecule has 0 spiro atoms. The number of halogens is 2. The van der Waals surface area contributed by atoms with Gasteiger partial charge in [-0.2, -0.15) is 5.10 Å². The van der Waals surface area contributed by atoms with E-state index < -0.39 is 0 Å². The SMILES string of the molecule is CC(=Nn1c(-c2cc(Cl)ccc2Cl)csc1=NC(C)C)c1ccc(C)c([N+](=O)[O-])c1. The van der Waals surface area contributed by atoms with Crippen LogP contribution in [0.5, 0.6) is 0 Å². The lowest BCUT2D eigenvalue weighted by molar-refractivity contribution is -0.385. The fraction of sp³-hybridized carbons (Fsp3) is 0.238. The van der Waals surface area contributed by atoms with Gasteiger partial charge in [-0.1, -0.05) is 35.3 Å². The largest absolute Gasteiger partial charge is 0.272 e. The number of hydrogen-bond acceptors (Lipinski definition) is 5. The second-order valence-electron chi connectivity index (χ2n) is 7.01. The molecule has 1 aromatic heterocycles. The molecule has 0 fully saturated rings. The second-order valence-corrected chi connectivity index (χ2v) is 8.69. The average Bonchev–Trinajstić information content (AvgIpc) is 3.05. The Morgan fingerprint density at radius 2 is 1.93 bits per heavy atom. The van der Waals surface area contributed by atoms with Gasteiger partial charge >= 0.3 is 0 Å². The van der Waals surface area contributed by atoms with E-state index in [2.05, 4.69) is 4.99 Å². The molecule has 2 aromatic carbocycles. The highest BCUT2D eigenvalue weighted by atomic mass is 35.5. The zero-order valence-corrected chi connectivity index (χ0v) is 19.2. The third-order valence-electron chi connectivity index (χ3n) is 4.33. The van der Waals surface area contributed by atoms with E-state index in [0.717, 1.165) is 11.3 Å². The standard InChI is InChI=1S/C21H20Cl2N4O2S/c1-12(2)24-21-26(20(11-30-21)17-10-16(22)7-8-18(17)23)25-14(4)15-6-5-13(3)19(9-15)27(28)29/h5-12H,1-4H3. The highest BCUT2D eigenvalue weighted by Crippen LogP contribution is 2.31. The molecular weight excluding hydrogens is 443 g/mol. The van der Waals surface area contributed by atoms with Crippen molar-refractivity contribution in [1.29, 1.82) is 0 Å². The topological polar surface area (TPSA) is 72.8 Å². The van der Waals surface area contributed by atoms with E-state index in [4.69, 9.17) is 28.3 Å². The van der Waals surface area contributed by atoms with Crippen LogP contribution in [-0.4, -0.2) is 21.4 Å². The lowest BCUT2D eigenvalue weighted by Gasteiger charge is -2.09. The number of hydrogen-bond donors (Lipinski definition) is 0. The number of aromatic nitrogens is 1. The molecular formula is C21H20Cl2N4O2S. The van der Waals surface area contributed by atoms with E-state index in [0.29, 0.717) is 31.7 Å². The number of nitro groups is 1. The Morgan fingerprint density at radius 1 is 1.20 bits per heavy atom. The third kappa shape index (κ3) is 4.80. The van der Waals surface area contributed by atoms with Crippen LogP contribution in [0.1, 0.15) is 31.9 Å². The molecule has 0 radical (unpaired) electrons. The monoisotopic (exact) mass is 462 g/mol. The Bertz CT molecular complexity index is 1210. The number of nitrogens with zero attached hydrogens (tertiary/aromatic N) is 4. The summed E-state index contributed by atoms with van der Waals surface area (Å²) in [4.78, 5) is 16.3. The molecule has 0 aliphatic rings. The van der Waals surface area contributed by atoms with E-state index in [1.165, 1.54) is 17.4 Å². The Kier molecular flexibility index (Phi) is 6.75. The van der Waals surface area contributed by atoms with Crippen LogP contribution in [0.4, 0.5) is 5.69 Å². The average molecular weight is 463 g/mol. The molecule has 0 bridgehead atoms.